The Morgan fingerprint density at radius 3 is 2.89 bits per heavy atom. The van der Waals surface area contributed by atoms with E-state index < -0.39 is 0 Å². The van der Waals surface area contributed by atoms with Gasteiger partial charge in [0, 0.05) is 28.0 Å². The number of benzene rings is 1. The van der Waals surface area contributed by atoms with E-state index in [0.29, 0.717) is 6.04 Å². The van der Waals surface area contributed by atoms with Crippen molar-refractivity contribution in [2.45, 2.75) is 38.3 Å². The zero-order valence-electron chi connectivity index (χ0n) is 10.3. The van der Waals surface area contributed by atoms with E-state index in [9.17, 15) is 4.39 Å². The summed E-state index contributed by atoms with van der Waals surface area (Å²) in [7, 11) is 0. The van der Waals surface area contributed by atoms with E-state index in [1.165, 1.54) is 19.3 Å². The number of nitrogens with zero attached hydrogens (tertiary/aromatic N) is 1. The van der Waals surface area contributed by atoms with Crippen molar-refractivity contribution in [2.24, 2.45) is 0 Å². The van der Waals surface area contributed by atoms with Crippen molar-refractivity contribution in [3.8, 4) is 0 Å². The van der Waals surface area contributed by atoms with Gasteiger partial charge in [0.05, 0.1) is 0 Å². The van der Waals surface area contributed by atoms with Gasteiger partial charge in [-0.15, -0.1) is 0 Å². The second-order valence-corrected chi connectivity index (χ2v) is 6.54. The molecule has 0 spiro atoms. The average molecular weight is 379 g/mol. The standard InChI is InChI=1S/C14H18Br2FN/c15-7-6-13-3-1-2-8-18(13)10-11-4-5-12(16)9-14(11)17/h4-5,9,13H,1-3,6-8,10H2. The molecule has 18 heavy (non-hydrogen) atoms. The Morgan fingerprint density at radius 2 is 2.17 bits per heavy atom. The molecule has 1 saturated heterocycles. The number of likely N-dealkylation sites (tertiary alicyclic amines) is 1. The molecule has 1 atom stereocenters. The van der Waals surface area contributed by atoms with Gasteiger partial charge in [0.1, 0.15) is 5.82 Å². The first kappa shape index (κ1) is 14.5. The molecule has 0 aliphatic carbocycles. The highest BCUT2D eigenvalue weighted by molar-refractivity contribution is 9.10. The van der Waals surface area contributed by atoms with Crippen LogP contribution >= 0.6 is 31.9 Å². The molecule has 100 valence electrons. The van der Waals surface area contributed by atoms with Crippen LogP contribution in [0, 0.1) is 5.82 Å². The first-order valence-corrected chi connectivity index (χ1v) is 8.36. The summed E-state index contributed by atoms with van der Waals surface area (Å²) in [4.78, 5) is 2.43. The summed E-state index contributed by atoms with van der Waals surface area (Å²) in [5.41, 5.74) is 0.805. The van der Waals surface area contributed by atoms with Crippen LogP contribution in [0.5, 0.6) is 0 Å². The van der Waals surface area contributed by atoms with Gasteiger partial charge in [-0.3, -0.25) is 4.90 Å². The highest BCUT2D eigenvalue weighted by Crippen LogP contribution is 2.24. The van der Waals surface area contributed by atoms with E-state index >= 15 is 0 Å². The van der Waals surface area contributed by atoms with Gasteiger partial charge in [-0.05, 0) is 37.9 Å². The molecular formula is C14H18Br2FN. The minimum Gasteiger partial charge on any atom is -0.296 e. The number of piperidine rings is 1. The monoisotopic (exact) mass is 377 g/mol. The predicted molar refractivity (Wildman–Crippen MR) is 80.6 cm³/mol. The van der Waals surface area contributed by atoms with Gasteiger partial charge >= 0.3 is 0 Å². The molecule has 4 heteroatoms. The van der Waals surface area contributed by atoms with Gasteiger partial charge in [0.2, 0.25) is 0 Å². The summed E-state index contributed by atoms with van der Waals surface area (Å²) in [5.74, 6) is -0.104. The minimum atomic E-state index is -0.104. The molecule has 1 aromatic carbocycles. The molecule has 2 rings (SSSR count). The molecule has 0 N–H and O–H groups in total. The van der Waals surface area contributed by atoms with E-state index in [1.807, 2.05) is 12.1 Å². The van der Waals surface area contributed by atoms with Crippen molar-refractivity contribution in [1.82, 2.24) is 4.90 Å². The quantitative estimate of drug-likeness (QED) is 0.684. The van der Waals surface area contributed by atoms with Crippen LogP contribution in [0.15, 0.2) is 22.7 Å². The summed E-state index contributed by atoms with van der Waals surface area (Å²) < 4.78 is 14.7. The van der Waals surface area contributed by atoms with Crippen molar-refractivity contribution in [3.63, 3.8) is 0 Å². The summed E-state index contributed by atoms with van der Waals surface area (Å²) in [6.45, 7) is 1.82. The Morgan fingerprint density at radius 1 is 1.33 bits per heavy atom. The topological polar surface area (TPSA) is 3.24 Å². The lowest BCUT2D eigenvalue weighted by molar-refractivity contribution is 0.135. The molecule has 0 radical (unpaired) electrons. The van der Waals surface area contributed by atoms with Crippen molar-refractivity contribution in [1.29, 1.82) is 0 Å². The summed E-state index contributed by atoms with van der Waals surface area (Å²) >= 11 is 6.81. The number of rotatable bonds is 4. The second-order valence-electron chi connectivity index (χ2n) is 4.83. The van der Waals surface area contributed by atoms with Gasteiger partial charge in [-0.25, -0.2) is 4.39 Å². The van der Waals surface area contributed by atoms with Gasteiger partial charge in [0.15, 0.2) is 0 Å². The van der Waals surface area contributed by atoms with Crippen LogP contribution < -0.4 is 0 Å². The Hall–Kier alpha value is 0.0700. The van der Waals surface area contributed by atoms with Gasteiger partial charge < -0.3 is 0 Å². The number of alkyl halides is 1. The Labute approximate surface area is 125 Å². The number of hydrogen-bond donors (Lipinski definition) is 0. The van der Waals surface area contributed by atoms with Crippen molar-refractivity contribution >= 4 is 31.9 Å². The maximum Gasteiger partial charge on any atom is 0.128 e. The van der Waals surface area contributed by atoms with E-state index in [4.69, 9.17) is 0 Å². The molecule has 0 saturated carbocycles. The average Bonchev–Trinajstić information content (AvgIpc) is 2.35. The number of halogens is 3. The molecule has 1 fully saturated rings. The molecular weight excluding hydrogens is 361 g/mol. The fourth-order valence-corrected chi connectivity index (χ4v) is 3.45. The van der Waals surface area contributed by atoms with Crippen LogP contribution in [0.2, 0.25) is 0 Å². The molecule has 1 unspecified atom stereocenters. The third-order valence-corrected chi connectivity index (χ3v) is 4.53. The molecule has 0 aromatic heterocycles. The first-order valence-electron chi connectivity index (χ1n) is 6.44. The lowest BCUT2D eigenvalue weighted by Crippen LogP contribution is -2.39. The zero-order chi connectivity index (χ0) is 13.0. The fourth-order valence-electron chi connectivity index (χ4n) is 2.59. The SMILES string of the molecule is Fc1cc(Br)ccc1CN1CCCCC1CCBr. The normalized spacial score (nSPS) is 21.2. The Bertz CT molecular complexity index is 395. The van der Waals surface area contributed by atoms with Gasteiger partial charge in [-0.1, -0.05) is 44.3 Å². The van der Waals surface area contributed by atoms with Crippen molar-refractivity contribution in [3.05, 3.63) is 34.1 Å². The summed E-state index contributed by atoms with van der Waals surface area (Å²) in [5, 5.41) is 1.02. The summed E-state index contributed by atoms with van der Waals surface area (Å²) in [6.07, 6.45) is 4.93. The number of hydrogen-bond acceptors (Lipinski definition) is 1. The molecule has 1 nitrogen and oxygen atoms in total. The molecule has 1 aliphatic heterocycles. The van der Waals surface area contributed by atoms with E-state index in [-0.39, 0.29) is 5.82 Å². The van der Waals surface area contributed by atoms with Crippen molar-refractivity contribution in [2.75, 3.05) is 11.9 Å². The van der Waals surface area contributed by atoms with Gasteiger partial charge in [0.25, 0.3) is 0 Å². The highest BCUT2D eigenvalue weighted by Gasteiger charge is 2.22. The molecule has 0 bridgehead atoms. The van der Waals surface area contributed by atoms with Crippen LogP contribution in [-0.2, 0) is 6.54 Å². The largest absolute Gasteiger partial charge is 0.296 e. The Balaban J connectivity index is 2.06. The maximum atomic E-state index is 13.9. The maximum absolute atomic E-state index is 13.9. The predicted octanol–water partition coefficient (Wildman–Crippen LogP) is 4.73. The third kappa shape index (κ3) is 3.78. The first-order chi connectivity index (χ1) is 8.70. The van der Waals surface area contributed by atoms with Crippen LogP contribution in [0.3, 0.4) is 0 Å². The molecule has 0 amide bonds. The van der Waals surface area contributed by atoms with Crippen LogP contribution in [0.1, 0.15) is 31.2 Å². The minimum absolute atomic E-state index is 0.104. The second kappa shape index (κ2) is 7.01. The van der Waals surface area contributed by atoms with Gasteiger partial charge in [-0.2, -0.15) is 0 Å². The Kier molecular flexibility index (Phi) is 5.64. The molecule has 1 aliphatic rings. The summed E-state index contributed by atoms with van der Waals surface area (Å²) in [6, 6.07) is 5.96. The van der Waals surface area contributed by atoms with Crippen molar-refractivity contribution < 1.29 is 4.39 Å². The van der Waals surface area contributed by atoms with E-state index in [2.05, 4.69) is 36.8 Å². The molecule has 1 aromatic rings. The van der Waals surface area contributed by atoms with Crippen LogP contribution in [0.25, 0.3) is 0 Å². The lowest BCUT2D eigenvalue weighted by atomic mass is 9.99. The molecule has 1 heterocycles. The van der Waals surface area contributed by atoms with E-state index in [0.717, 1.165) is 34.9 Å². The smallest absolute Gasteiger partial charge is 0.128 e. The lowest BCUT2D eigenvalue weighted by Gasteiger charge is -2.35. The fraction of sp³-hybridized carbons (Fsp3) is 0.571. The third-order valence-electron chi connectivity index (χ3n) is 3.58. The zero-order valence-corrected chi connectivity index (χ0v) is 13.5. The highest BCUT2D eigenvalue weighted by atomic mass is 79.9. The van der Waals surface area contributed by atoms with E-state index in [1.54, 1.807) is 6.07 Å². The van der Waals surface area contributed by atoms with Crippen LogP contribution in [-0.4, -0.2) is 22.8 Å². The van der Waals surface area contributed by atoms with Crippen LogP contribution in [0.4, 0.5) is 4.39 Å².